The lowest BCUT2D eigenvalue weighted by Crippen LogP contribution is -2.45. The molecule has 1 heterocycles. The molecular weight excluding hydrogens is 454 g/mol. The molecule has 7 heteroatoms. The van der Waals surface area contributed by atoms with Crippen molar-refractivity contribution >= 4 is 38.3 Å². The van der Waals surface area contributed by atoms with Gasteiger partial charge in [-0.3, -0.25) is 0 Å². The van der Waals surface area contributed by atoms with Gasteiger partial charge in [-0.05, 0) is 65.8 Å². The minimum Gasteiger partial charge on any atom is -0.371 e. The van der Waals surface area contributed by atoms with Crippen LogP contribution in [0.4, 0.5) is 10.1 Å². The molecule has 0 radical (unpaired) electrons. The molecule has 0 atom stereocenters. The van der Waals surface area contributed by atoms with Crippen molar-refractivity contribution in [1.29, 1.82) is 0 Å². The molecule has 0 saturated carbocycles. The van der Waals surface area contributed by atoms with Crippen LogP contribution in [0.2, 0.25) is 0 Å². The van der Waals surface area contributed by atoms with E-state index in [0.717, 1.165) is 22.1 Å². The Morgan fingerprint density at radius 1 is 1.12 bits per heavy atom. The molecule has 0 aliphatic carbocycles. The predicted molar refractivity (Wildman–Crippen MR) is 106 cm³/mol. The summed E-state index contributed by atoms with van der Waals surface area (Å²) in [6, 6.07) is 13.7. The van der Waals surface area contributed by atoms with Crippen LogP contribution in [0.5, 0.6) is 0 Å². The molecule has 1 fully saturated rings. The van der Waals surface area contributed by atoms with Gasteiger partial charge in [0.1, 0.15) is 5.82 Å². The summed E-state index contributed by atoms with van der Waals surface area (Å²) in [5, 5.41) is 0. The van der Waals surface area contributed by atoms with E-state index in [4.69, 9.17) is 0 Å². The van der Waals surface area contributed by atoms with Crippen LogP contribution in [0.3, 0.4) is 0 Å². The van der Waals surface area contributed by atoms with Gasteiger partial charge in [0, 0.05) is 35.4 Å². The summed E-state index contributed by atoms with van der Waals surface area (Å²) in [7, 11) is -1.49. The van der Waals surface area contributed by atoms with Crippen molar-refractivity contribution < 1.29 is 12.8 Å². The number of anilines is 1. The third kappa shape index (κ3) is 4.15. The van der Waals surface area contributed by atoms with Gasteiger partial charge in [0.25, 0.3) is 0 Å². The first kappa shape index (κ1) is 18.6. The summed E-state index contributed by atoms with van der Waals surface area (Å²) in [5.41, 5.74) is 0.828. The van der Waals surface area contributed by atoms with Crippen LogP contribution >= 0.6 is 22.6 Å². The largest absolute Gasteiger partial charge is 0.371 e. The molecule has 4 nitrogen and oxygen atoms in total. The SMILES string of the molecule is CN(c1cc(F)cc(I)c1)C1CCN(S(=O)(=O)c2ccccc2)CC1. The molecule has 134 valence electrons. The van der Waals surface area contributed by atoms with Crippen LogP contribution in [0.25, 0.3) is 0 Å². The summed E-state index contributed by atoms with van der Waals surface area (Å²) in [4.78, 5) is 2.39. The van der Waals surface area contributed by atoms with Gasteiger partial charge in [0.2, 0.25) is 10.0 Å². The van der Waals surface area contributed by atoms with E-state index in [1.54, 1.807) is 34.6 Å². The molecule has 0 bridgehead atoms. The average molecular weight is 474 g/mol. The van der Waals surface area contributed by atoms with Gasteiger partial charge in [0.05, 0.1) is 4.90 Å². The molecule has 2 aromatic carbocycles. The summed E-state index contributed by atoms with van der Waals surface area (Å²) in [6.07, 6.45) is 1.44. The maximum absolute atomic E-state index is 13.6. The molecule has 25 heavy (non-hydrogen) atoms. The van der Waals surface area contributed by atoms with Crippen molar-refractivity contribution in [2.45, 2.75) is 23.8 Å². The predicted octanol–water partition coefficient (Wildman–Crippen LogP) is 3.72. The molecule has 0 N–H and O–H groups in total. The van der Waals surface area contributed by atoms with E-state index in [1.165, 1.54) is 12.1 Å². The van der Waals surface area contributed by atoms with Crippen molar-refractivity contribution in [3.05, 3.63) is 57.9 Å². The van der Waals surface area contributed by atoms with Crippen molar-refractivity contribution in [3.63, 3.8) is 0 Å². The number of nitrogens with zero attached hydrogens (tertiary/aromatic N) is 2. The number of benzene rings is 2. The van der Waals surface area contributed by atoms with Crippen LogP contribution < -0.4 is 4.90 Å². The Hall–Kier alpha value is -1.19. The van der Waals surface area contributed by atoms with Gasteiger partial charge in [-0.1, -0.05) is 18.2 Å². The van der Waals surface area contributed by atoms with E-state index in [-0.39, 0.29) is 11.9 Å². The van der Waals surface area contributed by atoms with Gasteiger partial charge in [-0.15, -0.1) is 0 Å². The fraction of sp³-hybridized carbons (Fsp3) is 0.333. The van der Waals surface area contributed by atoms with Crippen LogP contribution in [0.1, 0.15) is 12.8 Å². The molecule has 0 spiro atoms. The van der Waals surface area contributed by atoms with Gasteiger partial charge in [-0.25, -0.2) is 12.8 Å². The first-order valence-electron chi connectivity index (χ1n) is 8.12. The van der Waals surface area contributed by atoms with Crippen LogP contribution in [-0.4, -0.2) is 38.9 Å². The Morgan fingerprint density at radius 2 is 1.76 bits per heavy atom. The van der Waals surface area contributed by atoms with Crippen molar-refractivity contribution in [2.75, 3.05) is 25.0 Å². The molecule has 2 aromatic rings. The molecule has 0 amide bonds. The molecule has 0 aromatic heterocycles. The van der Waals surface area contributed by atoms with Gasteiger partial charge in [0.15, 0.2) is 0 Å². The Morgan fingerprint density at radius 3 is 2.36 bits per heavy atom. The minimum absolute atomic E-state index is 0.194. The van der Waals surface area contributed by atoms with Gasteiger partial charge >= 0.3 is 0 Å². The summed E-state index contributed by atoms with van der Waals surface area (Å²) < 4.78 is 41.4. The van der Waals surface area contributed by atoms with Crippen LogP contribution in [-0.2, 0) is 10.0 Å². The lowest BCUT2D eigenvalue weighted by atomic mass is 10.0. The third-order valence-corrected chi connectivity index (χ3v) is 7.14. The fourth-order valence-corrected chi connectivity index (χ4v) is 5.27. The number of hydrogen-bond acceptors (Lipinski definition) is 3. The molecular formula is C18H20FIN2O2S. The van der Waals surface area contributed by atoms with E-state index < -0.39 is 10.0 Å². The summed E-state index contributed by atoms with van der Waals surface area (Å²) >= 11 is 2.10. The fourth-order valence-electron chi connectivity index (χ4n) is 3.17. The highest BCUT2D eigenvalue weighted by Crippen LogP contribution is 2.27. The monoisotopic (exact) mass is 474 g/mol. The summed E-state index contributed by atoms with van der Waals surface area (Å²) in [6.45, 7) is 0.942. The van der Waals surface area contributed by atoms with Crippen molar-refractivity contribution in [2.24, 2.45) is 0 Å². The number of hydrogen-bond donors (Lipinski definition) is 0. The quantitative estimate of drug-likeness (QED) is 0.635. The maximum Gasteiger partial charge on any atom is 0.243 e. The van der Waals surface area contributed by atoms with Crippen LogP contribution in [0, 0.1) is 9.39 Å². The van der Waals surface area contributed by atoms with Gasteiger partial charge in [-0.2, -0.15) is 4.31 Å². The molecule has 1 aliphatic heterocycles. The smallest absolute Gasteiger partial charge is 0.243 e. The van der Waals surface area contributed by atoms with E-state index in [2.05, 4.69) is 27.5 Å². The maximum atomic E-state index is 13.6. The van der Waals surface area contributed by atoms with E-state index in [1.807, 2.05) is 13.1 Å². The average Bonchev–Trinajstić information content (AvgIpc) is 2.61. The highest BCUT2D eigenvalue weighted by atomic mass is 127. The Bertz CT molecular complexity index is 817. The third-order valence-electron chi connectivity index (χ3n) is 4.61. The summed E-state index contributed by atoms with van der Waals surface area (Å²) in [5.74, 6) is -0.252. The van der Waals surface area contributed by atoms with Gasteiger partial charge < -0.3 is 4.90 Å². The minimum atomic E-state index is -3.44. The lowest BCUT2D eigenvalue weighted by molar-refractivity contribution is 0.314. The van der Waals surface area contributed by atoms with E-state index in [9.17, 15) is 12.8 Å². The molecule has 0 unspecified atom stereocenters. The van der Waals surface area contributed by atoms with E-state index in [0.29, 0.717) is 18.0 Å². The van der Waals surface area contributed by atoms with Crippen LogP contribution in [0.15, 0.2) is 53.4 Å². The number of rotatable bonds is 4. The number of halogens is 2. The number of sulfonamides is 1. The first-order valence-corrected chi connectivity index (χ1v) is 10.6. The highest BCUT2D eigenvalue weighted by molar-refractivity contribution is 14.1. The highest BCUT2D eigenvalue weighted by Gasteiger charge is 2.30. The number of piperidine rings is 1. The first-order chi connectivity index (χ1) is 11.9. The zero-order chi connectivity index (χ0) is 18.0. The zero-order valence-electron chi connectivity index (χ0n) is 13.9. The normalized spacial score (nSPS) is 16.8. The Kier molecular flexibility index (Phi) is 5.65. The molecule has 1 saturated heterocycles. The second-order valence-electron chi connectivity index (χ2n) is 6.19. The van der Waals surface area contributed by atoms with Crippen molar-refractivity contribution in [3.8, 4) is 0 Å². The van der Waals surface area contributed by atoms with Crippen molar-refractivity contribution in [1.82, 2.24) is 4.31 Å². The lowest BCUT2D eigenvalue weighted by Gasteiger charge is -2.37. The second kappa shape index (κ2) is 7.59. The Labute approximate surface area is 161 Å². The second-order valence-corrected chi connectivity index (χ2v) is 9.37. The molecule has 3 rings (SSSR count). The zero-order valence-corrected chi connectivity index (χ0v) is 16.9. The topological polar surface area (TPSA) is 40.6 Å². The Balaban J connectivity index is 1.69. The molecule has 1 aliphatic rings. The standard InChI is InChI=1S/C18H20FIN2O2S/c1-21(17-12-14(19)11-15(20)13-17)16-7-9-22(10-8-16)25(23,24)18-5-3-2-4-6-18/h2-6,11-13,16H,7-10H2,1H3. The van der Waals surface area contributed by atoms with E-state index >= 15 is 0 Å².